The number of carbonyl (C=O) groups excluding carboxylic acids is 1. The van der Waals surface area contributed by atoms with Crippen LogP contribution in [0.5, 0.6) is 0 Å². The van der Waals surface area contributed by atoms with Crippen molar-refractivity contribution in [1.29, 1.82) is 0 Å². The molecule has 12 heteroatoms. The number of nitro benzene ring substituents is 1. The summed E-state index contributed by atoms with van der Waals surface area (Å²) in [6.45, 7) is 1.44. The molecule has 2 aromatic rings. The predicted octanol–water partition coefficient (Wildman–Crippen LogP) is 1.77. The van der Waals surface area contributed by atoms with Gasteiger partial charge in [-0.3, -0.25) is 19.6 Å². The Bertz CT molecular complexity index is 984. The maximum atomic E-state index is 12.7. The van der Waals surface area contributed by atoms with E-state index in [1.54, 1.807) is 10.9 Å². The van der Waals surface area contributed by atoms with Crippen LogP contribution in [0.3, 0.4) is 0 Å². The van der Waals surface area contributed by atoms with Gasteiger partial charge in [-0.1, -0.05) is 0 Å². The first-order valence-electron chi connectivity index (χ1n) is 8.97. The molecule has 0 radical (unpaired) electrons. The van der Waals surface area contributed by atoms with E-state index in [9.17, 15) is 23.3 Å². The van der Waals surface area contributed by atoms with E-state index < -0.39 is 14.9 Å². The van der Waals surface area contributed by atoms with E-state index in [2.05, 4.69) is 26.3 Å². The van der Waals surface area contributed by atoms with E-state index in [0.717, 1.165) is 4.47 Å². The Morgan fingerprint density at radius 1 is 1.28 bits per heavy atom. The van der Waals surface area contributed by atoms with Gasteiger partial charge in [-0.15, -0.1) is 0 Å². The van der Waals surface area contributed by atoms with Crippen LogP contribution in [0.4, 0.5) is 5.69 Å². The van der Waals surface area contributed by atoms with Crippen molar-refractivity contribution in [2.75, 3.05) is 19.6 Å². The van der Waals surface area contributed by atoms with Gasteiger partial charge in [-0.25, -0.2) is 8.42 Å². The Labute approximate surface area is 176 Å². The summed E-state index contributed by atoms with van der Waals surface area (Å²) in [5, 5.41) is 17.7. The molecular weight excluding hydrogens is 466 g/mol. The lowest BCUT2D eigenvalue weighted by molar-refractivity contribution is -0.384. The first kappa shape index (κ1) is 21.4. The summed E-state index contributed by atoms with van der Waals surface area (Å²) in [6.07, 6.45) is 4.33. The summed E-state index contributed by atoms with van der Waals surface area (Å²) in [7, 11) is -3.74. The Kier molecular flexibility index (Phi) is 6.65. The topological polar surface area (TPSA) is 127 Å². The minimum Gasteiger partial charge on any atom is -0.354 e. The number of carbonyl (C=O) groups is 1. The van der Waals surface area contributed by atoms with Crippen LogP contribution in [0.25, 0.3) is 0 Å². The zero-order chi connectivity index (χ0) is 21.0. The van der Waals surface area contributed by atoms with Gasteiger partial charge < -0.3 is 5.32 Å². The number of hydrogen-bond donors (Lipinski definition) is 1. The molecule has 1 aromatic carbocycles. The highest BCUT2D eigenvalue weighted by molar-refractivity contribution is 9.10. The van der Waals surface area contributed by atoms with Crippen LogP contribution >= 0.6 is 15.9 Å². The molecule has 1 saturated heterocycles. The number of piperidine rings is 1. The summed E-state index contributed by atoms with van der Waals surface area (Å²) in [4.78, 5) is 22.5. The molecule has 1 aliphatic rings. The van der Waals surface area contributed by atoms with E-state index in [-0.39, 0.29) is 35.5 Å². The smallest absolute Gasteiger partial charge is 0.269 e. The third-order valence-corrected chi connectivity index (χ3v) is 7.07. The van der Waals surface area contributed by atoms with E-state index in [1.807, 2.05) is 6.20 Å². The van der Waals surface area contributed by atoms with Gasteiger partial charge in [0.15, 0.2) is 0 Å². The van der Waals surface area contributed by atoms with Crippen molar-refractivity contribution in [3.8, 4) is 0 Å². The predicted molar refractivity (Wildman–Crippen MR) is 108 cm³/mol. The average molecular weight is 486 g/mol. The summed E-state index contributed by atoms with van der Waals surface area (Å²) in [6, 6.07) is 4.82. The van der Waals surface area contributed by atoms with Crippen molar-refractivity contribution in [2.45, 2.75) is 24.3 Å². The van der Waals surface area contributed by atoms with Crippen LogP contribution in [0.15, 0.2) is 46.0 Å². The minimum absolute atomic E-state index is 0.0105. The van der Waals surface area contributed by atoms with Crippen LogP contribution in [-0.2, 0) is 21.4 Å². The highest BCUT2D eigenvalue weighted by atomic mass is 79.9. The zero-order valence-electron chi connectivity index (χ0n) is 15.4. The molecule has 1 aromatic heterocycles. The number of aromatic nitrogens is 2. The van der Waals surface area contributed by atoms with Crippen molar-refractivity contribution in [3.63, 3.8) is 0 Å². The second-order valence-corrected chi connectivity index (χ2v) is 9.50. The molecule has 2 heterocycles. The molecule has 0 spiro atoms. The standard InChI is InChI=1S/C17H20BrN5O5S/c18-14-11-20-21(12-14)10-7-19-17(24)13-5-8-22(9-6-13)29(27,28)16-3-1-15(2-4-16)23(25)26/h1-4,11-13H,5-10H2,(H,19,24). The minimum atomic E-state index is -3.74. The first-order chi connectivity index (χ1) is 13.8. The van der Waals surface area contributed by atoms with Crippen molar-refractivity contribution >= 4 is 37.5 Å². The third-order valence-electron chi connectivity index (χ3n) is 4.75. The number of benzene rings is 1. The monoisotopic (exact) mass is 485 g/mol. The van der Waals surface area contributed by atoms with Crippen LogP contribution in [0.2, 0.25) is 0 Å². The maximum absolute atomic E-state index is 12.7. The molecule has 10 nitrogen and oxygen atoms in total. The number of nitro groups is 1. The molecule has 29 heavy (non-hydrogen) atoms. The molecule has 0 aliphatic carbocycles. The number of amides is 1. The number of sulfonamides is 1. The quantitative estimate of drug-likeness (QED) is 0.470. The third kappa shape index (κ3) is 5.19. The number of halogens is 1. The fourth-order valence-electron chi connectivity index (χ4n) is 3.15. The van der Waals surface area contributed by atoms with Crippen LogP contribution < -0.4 is 5.32 Å². The average Bonchev–Trinajstić information content (AvgIpc) is 3.13. The molecule has 0 bridgehead atoms. The molecule has 1 fully saturated rings. The molecule has 1 amide bonds. The lowest BCUT2D eigenvalue weighted by Crippen LogP contribution is -2.43. The normalized spacial score (nSPS) is 15.9. The van der Waals surface area contributed by atoms with E-state index in [4.69, 9.17) is 0 Å². The Balaban J connectivity index is 1.51. The summed E-state index contributed by atoms with van der Waals surface area (Å²) in [5.41, 5.74) is -0.165. The fraction of sp³-hybridized carbons (Fsp3) is 0.412. The lowest BCUT2D eigenvalue weighted by Gasteiger charge is -2.30. The van der Waals surface area contributed by atoms with E-state index >= 15 is 0 Å². The van der Waals surface area contributed by atoms with Crippen molar-refractivity contribution < 1.29 is 18.1 Å². The second kappa shape index (κ2) is 9.01. The number of rotatable bonds is 7. The van der Waals surface area contributed by atoms with Crippen LogP contribution in [0.1, 0.15) is 12.8 Å². The van der Waals surface area contributed by atoms with Crippen LogP contribution in [0, 0.1) is 16.0 Å². The molecule has 3 rings (SSSR count). The molecule has 0 atom stereocenters. The highest BCUT2D eigenvalue weighted by Gasteiger charge is 2.32. The SMILES string of the molecule is O=C(NCCn1cc(Br)cn1)C1CCN(S(=O)(=O)c2ccc([N+](=O)[O-])cc2)CC1. The highest BCUT2D eigenvalue weighted by Crippen LogP contribution is 2.25. The van der Waals surface area contributed by atoms with Gasteiger partial charge in [-0.05, 0) is 40.9 Å². The first-order valence-corrected chi connectivity index (χ1v) is 11.2. The maximum Gasteiger partial charge on any atom is 0.269 e. The largest absolute Gasteiger partial charge is 0.354 e. The Hall–Kier alpha value is -2.31. The number of nitrogens with zero attached hydrogens (tertiary/aromatic N) is 4. The fourth-order valence-corrected chi connectivity index (χ4v) is 4.94. The van der Waals surface area contributed by atoms with Gasteiger partial charge in [-0.2, -0.15) is 9.40 Å². The molecule has 1 N–H and O–H groups in total. The molecule has 1 aliphatic heterocycles. The summed E-state index contributed by atoms with van der Waals surface area (Å²) in [5.74, 6) is -0.341. The molecule has 0 unspecified atom stereocenters. The van der Waals surface area contributed by atoms with Gasteiger partial charge in [0, 0.05) is 43.9 Å². The molecule has 0 saturated carbocycles. The second-order valence-electron chi connectivity index (χ2n) is 6.64. The molecular formula is C17H20BrN5O5S. The zero-order valence-corrected chi connectivity index (χ0v) is 17.8. The van der Waals surface area contributed by atoms with Crippen molar-refractivity contribution in [1.82, 2.24) is 19.4 Å². The van der Waals surface area contributed by atoms with Gasteiger partial charge in [0.05, 0.1) is 27.0 Å². The Morgan fingerprint density at radius 3 is 2.48 bits per heavy atom. The number of non-ortho nitro benzene ring substituents is 1. The van der Waals surface area contributed by atoms with Crippen LogP contribution in [-0.4, -0.2) is 53.0 Å². The molecule has 156 valence electrons. The van der Waals surface area contributed by atoms with Crippen molar-refractivity contribution in [3.05, 3.63) is 51.2 Å². The van der Waals surface area contributed by atoms with Gasteiger partial charge in [0.25, 0.3) is 5.69 Å². The van der Waals surface area contributed by atoms with Gasteiger partial charge in [0.2, 0.25) is 15.9 Å². The summed E-state index contributed by atoms with van der Waals surface area (Å²) < 4.78 is 29.3. The van der Waals surface area contributed by atoms with E-state index in [0.29, 0.717) is 25.9 Å². The number of nitrogens with one attached hydrogen (secondary N) is 1. The van der Waals surface area contributed by atoms with Gasteiger partial charge >= 0.3 is 0 Å². The van der Waals surface area contributed by atoms with E-state index in [1.165, 1.54) is 28.6 Å². The summed E-state index contributed by atoms with van der Waals surface area (Å²) >= 11 is 3.31. The lowest BCUT2D eigenvalue weighted by atomic mass is 9.97. The Morgan fingerprint density at radius 2 is 1.93 bits per heavy atom. The van der Waals surface area contributed by atoms with Crippen molar-refractivity contribution in [2.24, 2.45) is 5.92 Å². The van der Waals surface area contributed by atoms with Gasteiger partial charge in [0.1, 0.15) is 0 Å². The number of hydrogen-bond acceptors (Lipinski definition) is 6.